The van der Waals surface area contributed by atoms with Crippen molar-refractivity contribution in [2.75, 3.05) is 54.0 Å². The molecule has 21 rings (SSSR count). The van der Waals surface area contributed by atoms with Crippen LogP contribution in [0.15, 0.2) is 171 Å². The molecule has 2 saturated carbocycles. The fourth-order valence-corrected chi connectivity index (χ4v) is 18.1. The van der Waals surface area contributed by atoms with Gasteiger partial charge in [0, 0.05) is 169 Å². The van der Waals surface area contributed by atoms with E-state index < -0.39 is 0 Å². The van der Waals surface area contributed by atoms with Gasteiger partial charge in [-0.05, 0) is 214 Å². The van der Waals surface area contributed by atoms with E-state index in [4.69, 9.17) is 34.9 Å². The molecule has 0 bridgehead atoms. The van der Waals surface area contributed by atoms with Crippen LogP contribution in [0, 0.1) is 37.1 Å². The molecule has 4 amide bonds. The number of imide groups is 1. The molecule has 3 fully saturated rings. The first-order chi connectivity index (χ1) is 64.3. The minimum Gasteiger partial charge on any atom is -0.356 e. The minimum absolute atomic E-state index is 0.0207. The Balaban J connectivity index is 0.000000118. The van der Waals surface area contributed by atoms with Crippen molar-refractivity contribution in [1.29, 1.82) is 0 Å². The molecule has 4 atom stereocenters. The van der Waals surface area contributed by atoms with E-state index in [1.165, 1.54) is 59.9 Å². The lowest BCUT2D eigenvalue weighted by Crippen LogP contribution is -2.34. The van der Waals surface area contributed by atoms with Gasteiger partial charge < -0.3 is 59.3 Å². The van der Waals surface area contributed by atoms with E-state index in [9.17, 15) is 36.7 Å². The lowest BCUT2D eigenvalue weighted by Gasteiger charge is -2.26. The molecule has 15 heterocycles. The highest BCUT2D eigenvalue weighted by Gasteiger charge is 2.39. The standard InChI is InChI=1S/C25H30FN7O2.C25H26FN7.C24H24FN7.C23H23FN6O2/c1-3-27-21(34)11-12-22(35)30-15-18-9-10-20-32-23(16-5-7-17(26)8-6-16)24(33(18)20)19-13-14-29-25(31-19)28-4-2;1-16-13-32(15-28-16)14-20-9-10-22-31-23(17-5-7-18(26)8-6-17)24(33(20)22)21-11-12-27-25(30-21)29-19-3-2-4-19;1-15-12-31(14-27-15)13-19-8-9-21-30-22(16-2-4-17(25)5-3-16)23(32(19)21)20-10-11-26-24(29-20)28-18-6-7-18;1-2-25-23-26-12-11-17(27-23)22-21(14-3-5-15(24)6-4-14)28-18-8-7-16(30(18)22)13-29-19(31)9-10-20(29)32/h5-8,13-14,18H,3-4,9-12,15H2,1-2H3,(H,27,34)(H,30,35)(H,28,29,31);5-8,11-13,15,19-20H,2-4,9-10,14H2,1H3,(H,27,29,30);2-5,10-12,14,18-19H,6-9,13H2,1H3,(H,26,28,29);3-6,11-12,16H,2,7-10,13H2,1H3,(H,25,26,27). The Labute approximate surface area is 759 Å². The van der Waals surface area contributed by atoms with E-state index in [0.717, 1.165) is 193 Å². The van der Waals surface area contributed by atoms with Crippen LogP contribution < -0.4 is 31.9 Å². The van der Waals surface area contributed by atoms with Crippen molar-refractivity contribution in [3.05, 3.63) is 229 Å². The summed E-state index contributed by atoms with van der Waals surface area (Å²) in [6.45, 7) is 14.1. The molecule has 14 aromatic rings. The van der Waals surface area contributed by atoms with Crippen LogP contribution in [0.25, 0.3) is 90.6 Å². The maximum atomic E-state index is 13.6. The number of rotatable bonds is 28. The molecule has 0 spiro atoms. The zero-order valence-electron chi connectivity index (χ0n) is 74.1. The van der Waals surface area contributed by atoms with Crippen molar-refractivity contribution in [2.45, 2.75) is 193 Å². The maximum absolute atomic E-state index is 13.6. The van der Waals surface area contributed by atoms with Gasteiger partial charge in [0.2, 0.25) is 47.4 Å². The number of benzene rings is 4. The van der Waals surface area contributed by atoms with Gasteiger partial charge in [0.05, 0.1) is 117 Å². The normalized spacial score (nSPS) is 16.8. The third kappa shape index (κ3) is 19.8. The predicted octanol–water partition coefficient (Wildman–Crippen LogP) is 15.5. The average Bonchev–Trinajstić information content (AvgIpc) is 1.53. The fourth-order valence-electron chi connectivity index (χ4n) is 18.1. The summed E-state index contributed by atoms with van der Waals surface area (Å²) in [6, 6.07) is 34.4. The minimum atomic E-state index is -0.317. The summed E-state index contributed by atoms with van der Waals surface area (Å²) < 4.78 is 67.6. The SMILES string of the molecule is CCNC(=O)CCC(=O)NCC1CCc2nc(-c3ccc(F)cc3)c(-c3ccnc(NCC)n3)n21.CCNc1nccc(-c2c(-c3ccc(F)cc3)nc3n2C(CN2C(=O)CCC2=O)CC3)n1.Cc1cn(CC2CCc3nc(-c4ccc(F)cc4)c(-c4ccnc(NC5CC5)n4)n32)cn1.Cc1cn(CC2CCc3nc(-c4ccc(F)cc4)c(-c4ccnc(NC5CCC5)n4)n32)cn1. The number of carbonyl (C=O) groups excluding carboxylic acids is 4. The Hall–Kier alpha value is -14.5. The monoisotopic (exact) mass is 1790 g/mol. The molecule has 6 N–H and O–H groups in total. The largest absolute Gasteiger partial charge is 0.356 e. The van der Waals surface area contributed by atoms with Gasteiger partial charge in [0.15, 0.2) is 0 Å². The first kappa shape index (κ1) is 88.1. The number of nitrogens with one attached hydrogen (secondary N) is 6. The number of nitrogens with zero attached hydrogens (tertiary/aromatic N) is 21. The van der Waals surface area contributed by atoms with Gasteiger partial charge in [-0.3, -0.25) is 24.1 Å². The number of anilines is 4. The van der Waals surface area contributed by atoms with Crippen molar-refractivity contribution in [3.63, 3.8) is 0 Å². The number of carbonyl (C=O) groups is 4. The number of amides is 4. The highest BCUT2D eigenvalue weighted by Crippen LogP contribution is 2.46. The first-order valence-electron chi connectivity index (χ1n) is 45.5. The number of fused-ring (bicyclic) bond motifs is 4. The zero-order chi connectivity index (χ0) is 91.0. The summed E-state index contributed by atoms with van der Waals surface area (Å²) in [5.74, 6) is 4.46. The van der Waals surface area contributed by atoms with E-state index in [0.29, 0.717) is 91.4 Å². The summed E-state index contributed by atoms with van der Waals surface area (Å²) in [5.41, 5.74) is 15.0. The molecular weight excluding hydrogens is 1680 g/mol. The molecule has 1 saturated heterocycles. The number of imidazole rings is 6. The molecule has 31 nitrogen and oxygen atoms in total. The Bertz CT molecular complexity index is 6480. The van der Waals surface area contributed by atoms with Crippen LogP contribution in [0.4, 0.5) is 41.4 Å². The predicted molar refractivity (Wildman–Crippen MR) is 491 cm³/mol. The van der Waals surface area contributed by atoms with Crippen LogP contribution in [-0.4, -0.2) is 171 Å². The van der Waals surface area contributed by atoms with E-state index >= 15 is 0 Å². The van der Waals surface area contributed by atoms with E-state index in [1.807, 2.05) is 71.5 Å². The van der Waals surface area contributed by atoms with Crippen LogP contribution in [0.1, 0.15) is 163 Å². The molecule has 35 heteroatoms. The number of aromatic nitrogens is 20. The summed E-state index contributed by atoms with van der Waals surface area (Å²) >= 11 is 0. The van der Waals surface area contributed by atoms with E-state index in [1.54, 1.807) is 73.3 Å². The molecule has 10 aromatic heterocycles. The number of hydrogen-bond acceptors (Lipinski definition) is 22. The van der Waals surface area contributed by atoms with Crippen LogP contribution in [0.2, 0.25) is 0 Å². The third-order valence-corrected chi connectivity index (χ3v) is 24.7. The summed E-state index contributed by atoms with van der Waals surface area (Å²) in [5, 5.41) is 18.8. The molecule has 4 unspecified atom stereocenters. The lowest BCUT2D eigenvalue weighted by atomic mass is 9.93. The number of halogens is 4. The second kappa shape index (κ2) is 39.4. The maximum Gasteiger partial charge on any atom is 0.229 e. The Morgan fingerprint density at radius 3 is 1.02 bits per heavy atom. The number of aryl methyl sites for hydroxylation is 6. The smallest absolute Gasteiger partial charge is 0.229 e. The molecular formula is C97H103F4N27O4. The van der Waals surface area contributed by atoms with Gasteiger partial charge >= 0.3 is 0 Å². The van der Waals surface area contributed by atoms with Crippen molar-refractivity contribution in [3.8, 4) is 90.6 Å². The fraction of sp³-hybridized carbons (Fsp3) is 0.361. The van der Waals surface area contributed by atoms with Gasteiger partial charge in [-0.1, -0.05) is 0 Å². The second-order valence-electron chi connectivity index (χ2n) is 34.1. The van der Waals surface area contributed by atoms with Crippen molar-refractivity contribution >= 4 is 47.4 Å². The number of likely N-dealkylation sites (tertiary alicyclic amines) is 1. The van der Waals surface area contributed by atoms with E-state index in [-0.39, 0.29) is 96.7 Å². The highest BCUT2D eigenvalue weighted by molar-refractivity contribution is 6.02. The zero-order valence-corrected chi connectivity index (χ0v) is 74.1. The molecule has 4 aromatic carbocycles. The Kier molecular flexibility index (Phi) is 26.3. The van der Waals surface area contributed by atoms with Gasteiger partial charge in [-0.2, -0.15) is 0 Å². The molecule has 2 aliphatic carbocycles. The molecule has 678 valence electrons. The van der Waals surface area contributed by atoms with Crippen molar-refractivity contribution < 1.29 is 36.7 Å². The third-order valence-electron chi connectivity index (χ3n) is 24.7. The van der Waals surface area contributed by atoms with Gasteiger partial charge in [0.1, 0.15) is 46.6 Å². The van der Waals surface area contributed by atoms with Crippen molar-refractivity contribution in [2.24, 2.45) is 0 Å². The highest BCUT2D eigenvalue weighted by atomic mass is 19.1. The Morgan fingerprint density at radius 1 is 0.364 bits per heavy atom. The summed E-state index contributed by atoms with van der Waals surface area (Å²) in [7, 11) is 0. The molecule has 0 radical (unpaired) electrons. The van der Waals surface area contributed by atoms with Crippen LogP contribution in [0.3, 0.4) is 0 Å². The van der Waals surface area contributed by atoms with Crippen molar-refractivity contribution in [1.82, 2.24) is 113 Å². The molecule has 7 aliphatic rings. The number of hydrogen-bond donors (Lipinski definition) is 6. The summed E-state index contributed by atoms with van der Waals surface area (Å²) in [6.07, 6.45) is 28.5. The van der Waals surface area contributed by atoms with Crippen LogP contribution in [-0.2, 0) is 58.0 Å². The topological polar surface area (TPSA) is 354 Å². The van der Waals surface area contributed by atoms with Gasteiger partial charge in [-0.25, -0.2) is 87.3 Å². The second-order valence-corrected chi connectivity index (χ2v) is 34.1. The average molecular weight is 1790 g/mol. The Morgan fingerprint density at radius 2 is 0.689 bits per heavy atom. The van der Waals surface area contributed by atoms with Gasteiger partial charge in [0.25, 0.3) is 0 Å². The summed E-state index contributed by atoms with van der Waals surface area (Å²) in [4.78, 5) is 115. The first-order valence-corrected chi connectivity index (χ1v) is 45.5. The lowest BCUT2D eigenvalue weighted by molar-refractivity contribution is -0.139. The molecule has 132 heavy (non-hydrogen) atoms. The van der Waals surface area contributed by atoms with Gasteiger partial charge in [-0.15, -0.1) is 0 Å². The van der Waals surface area contributed by atoms with Crippen LogP contribution in [0.5, 0.6) is 0 Å². The van der Waals surface area contributed by atoms with E-state index in [2.05, 4.69) is 107 Å². The van der Waals surface area contributed by atoms with Crippen LogP contribution >= 0.6 is 0 Å². The molecule has 5 aliphatic heterocycles. The quantitative estimate of drug-likeness (QED) is 0.0196.